The van der Waals surface area contributed by atoms with Crippen molar-refractivity contribution in [2.75, 3.05) is 19.6 Å². The monoisotopic (exact) mass is 394 g/mol. The lowest BCUT2D eigenvalue weighted by Gasteiger charge is -2.41. The molecule has 1 aliphatic rings. The van der Waals surface area contributed by atoms with Crippen LogP contribution in [0, 0.1) is 11.7 Å². The molecule has 5 nitrogen and oxygen atoms in total. The van der Waals surface area contributed by atoms with E-state index in [4.69, 9.17) is 4.98 Å². The molecule has 1 amide bonds. The molecule has 1 aromatic heterocycles. The van der Waals surface area contributed by atoms with Gasteiger partial charge in [0.05, 0.1) is 17.1 Å². The zero-order chi connectivity index (χ0) is 20.4. The average molecular weight is 394 g/mol. The van der Waals surface area contributed by atoms with E-state index in [2.05, 4.69) is 23.7 Å². The predicted molar refractivity (Wildman–Crippen MR) is 112 cm³/mol. The molecule has 1 aliphatic heterocycles. The molecular weight excluding hydrogens is 367 g/mol. The topological polar surface area (TPSA) is 52.2 Å². The number of fused-ring (bicyclic) bond motifs is 1. The molecule has 1 N–H and O–H groups in total. The number of hydrogen-bond donors (Lipinski definition) is 1. The van der Waals surface area contributed by atoms with Crippen LogP contribution in [0.1, 0.15) is 37.7 Å². The van der Waals surface area contributed by atoms with Crippen LogP contribution in [0.3, 0.4) is 0 Å². The van der Waals surface area contributed by atoms with E-state index >= 15 is 0 Å². The molecule has 152 valence electrons. The first-order valence-electron chi connectivity index (χ1n) is 10.2. The average Bonchev–Trinajstić information content (AvgIpc) is 3.13. The number of hydrogen-bond acceptors (Lipinski definition) is 3. The number of benzene rings is 2. The third kappa shape index (κ3) is 4.48. The highest BCUT2D eigenvalue weighted by Gasteiger charge is 2.32. The molecule has 1 fully saturated rings. The van der Waals surface area contributed by atoms with Crippen molar-refractivity contribution in [3.63, 3.8) is 0 Å². The van der Waals surface area contributed by atoms with Gasteiger partial charge < -0.3 is 9.88 Å². The number of piperazine rings is 1. The number of carbonyl (C=O) groups excluding carboxylic acids is 1. The summed E-state index contributed by atoms with van der Waals surface area (Å²) in [6, 6.07) is 14.6. The van der Waals surface area contributed by atoms with Crippen molar-refractivity contribution < 1.29 is 9.18 Å². The van der Waals surface area contributed by atoms with Crippen molar-refractivity contribution in [3.05, 3.63) is 65.7 Å². The van der Waals surface area contributed by atoms with Crippen molar-refractivity contribution in [1.29, 1.82) is 0 Å². The van der Waals surface area contributed by atoms with Crippen LogP contribution in [0.4, 0.5) is 4.39 Å². The van der Waals surface area contributed by atoms with Crippen LogP contribution in [0.2, 0.25) is 0 Å². The molecule has 4 rings (SSSR count). The Labute approximate surface area is 170 Å². The van der Waals surface area contributed by atoms with Gasteiger partial charge in [0.1, 0.15) is 11.6 Å². The fourth-order valence-electron chi connectivity index (χ4n) is 3.93. The number of nitrogens with one attached hydrogen (secondary N) is 1. The molecule has 1 saturated heterocycles. The van der Waals surface area contributed by atoms with Crippen LogP contribution in [-0.4, -0.2) is 45.3 Å². The maximum Gasteiger partial charge on any atom is 0.222 e. The zero-order valence-electron chi connectivity index (χ0n) is 16.9. The lowest BCUT2D eigenvalue weighted by molar-refractivity contribution is -0.135. The first-order chi connectivity index (χ1) is 14.0. The van der Waals surface area contributed by atoms with Crippen LogP contribution in [0.5, 0.6) is 0 Å². The Kier molecular flexibility index (Phi) is 5.62. The summed E-state index contributed by atoms with van der Waals surface area (Å²) in [4.78, 5) is 25.2. The molecule has 29 heavy (non-hydrogen) atoms. The highest BCUT2D eigenvalue weighted by molar-refractivity contribution is 5.77. The Balaban J connectivity index is 1.60. The van der Waals surface area contributed by atoms with Crippen LogP contribution in [-0.2, 0) is 11.3 Å². The second-order valence-electron chi connectivity index (χ2n) is 8.19. The SMILES string of the molecule is CC(C)CC(=O)N1CCN(Cc2ccc(F)cc2)C(c2nc3ccccc3[nH]2)C1. The highest BCUT2D eigenvalue weighted by atomic mass is 19.1. The van der Waals surface area contributed by atoms with Crippen molar-refractivity contribution >= 4 is 16.9 Å². The van der Waals surface area contributed by atoms with E-state index in [0.29, 0.717) is 32.0 Å². The molecular formula is C23H27FN4O. The van der Waals surface area contributed by atoms with Gasteiger partial charge in [-0.3, -0.25) is 9.69 Å². The first kappa shape index (κ1) is 19.6. The molecule has 1 unspecified atom stereocenters. The minimum atomic E-state index is -0.230. The van der Waals surface area contributed by atoms with Gasteiger partial charge in [-0.15, -0.1) is 0 Å². The number of aromatic nitrogens is 2. The third-order valence-electron chi connectivity index (χ3n) is 5.45. The van der Waals surface area contributed by atoms with Crippen molar-refractivity contribution in [2.24, 2.45) is 5.92 Å². The molecule has 2 aromatic carbocycles. The van der Waals surface area contributed by atoms with Gasteiger partial charge in [-0.05, 0) is 35.7 Å². The molecule has 0 bridgehead atoms. The Morgan fingerprint density at radius 2 is 1.93 bits per heavy atom. The lowest BCUT2D eigenvalue weighted by Crippen LogP contribution is -2.50. The summed E-state index contributed by atoms with van der Waals surface area (Å²) in [6.45, 7) is 6.88. The second-order valence-corrected chi connectivity index (χ2v) is 8.19. The van der Waals surface area contributed by atoms with Crippen LogP contribution in [0.15, 0.2) is 48.5 Å². The second kappa shape index (κ2) is 8.33. The quantitative estimate of drug-likeness (QED) is 0.708. The molecule has 0 radical (unpaired) electrons. The summed E-state index contributed by atoms with van der Waals surface area (Å²) in [5.41, 5.74) is 2.97. The number of nitrogens with zero attached hydrogens (tertiary/aromatic N) is 3. The van der Waals surface area contributed by atoms with Gasteiger partial charge >= 0.3 is 0 Å². The van der Waals surface area contributed by atoms with E-state index < -0.39 is 0 Å². The normalized spacial score (nSPS) is 17.9. The van der Waals surface area contributed by atoms with Gasteiger partial charge in [-0.25, -0.2) is 9.37 Å². The molecule has 1 atom stereocenters. The van der Waals surface area contributed by atoms with Gasteiger partial charge in [-0.2, -0.15) is 0 Å². The number of imidazole rings is 1. The number of para-hydroxylation sites is 2. The van der Waals surface area contributed by atoms with Crippen molar-refractivity contribution in [3.8, 4) is 0 Å². The number of carbonyl (C=O) groups is 1. The van der Waals surface area contributed by atoms with E-state index in [0.717, 1.165) is 29.0 Å². The van der Waals surface area contributed by atoms with E-state index in [1.807, 2.05) is 41.3 Å². The third-order valence-corrected chi connectivity index (χ3v) is 5.45. The summed E-state index contributed by atoms with van der Waals surface area (Å²) < 4.78 is 13.3. The molecule has 0 aliphatic carbocycles. The standard InChI is InChI=1S/C23H27FN4O/c1-16(2)13-22(29)28-12-11-27(14-17-7-9-18(24)10-8-17)21(15-28)23-25-19-5-3-4-6-20(19)26-23/h3-10,16,21H,11-15H2,1-2H3,(H,25,26). The number of amides is 1. The first-order valence-corrected chi connectivity index (χ1v) is 10.2. The molecule has 2 heterocycles. The van der Waals surface area contributed by atoms with Gasteiger partial charge in [0.15, 0.2) is 0 Å². The molecule has 0 spiro atoms. The van der Waals surface area contributed by atoms with E-state index in [-0.39, 0.29) is 17.8 Å². The van der Waals surface area contributed by atoms with Gasteiger partial charge in [0, 0.05) is 32.6 Å². The Morgan fingerprint density at radius 1 is 1.17 bits per heavy atom. The van der Waals surface area contributed by atoms with Crippen molar-refractivity contribution in [1.82, 2.24) is 19.8 Å². The largest absolute Gasteiger partial charge is 0.341 e. The van der Waals surface area contributed by atoms with Gasteiger partial charge in [0.2, 0.25) is 5.91 Å². The van der Waals surface area contributed by atoms with Crippen molar-refractivity contribution in [2.45, 2.75) is 32.9 Å². The van der Waals surface area contributed by atoms with E-state index in [1.54, 1.807) is 0 Å². The summed E-state index contributed by atoms with van der Waals surface area (Å²) >= 11 is 0. The number of H-pyrrole nitrogens is 1. The molecule has 3 aromatic rings. The molecule has 0 saturated carbocycles. The summed E-state index contributed by atoms with van der Waals surface area (Å²) in [6.07, 6.45) is 0.560. The highest BCUT2D eigenvalue weighted by Crippen LogP contribution is 2.28. The smallest absolute Gasteiger partial charge is 0.222 e. The minimum Gasteiger partial charge on any atom is -0.341 e. The molecule has 6 heteroatoms. The predicted octanol–water partition coefficient (Wildman–Crippen LogP) is 4.13. The van der Waals surface area contributed by atoms with Gasteiger partial charge in [0.25, 0.3) is 0 Å². The lowest BCUT2D eigenvalue weighted by atomic mass is 10.1. The number of halogens is 1. The van der Waals surface area contributed by atoms with Gasteiger partial charge in [-0.1, -0.05) is 38.1 Å². The zero-order valence-corrected chi connectivity index (χ0v) is 16.9. The van der Waals surface area contributed by atoms with Crippen LogP contribution >= 0.6 is 0 Å². The van der Waals surface area contributed by atoms with E-state index in [1.165, 1.54) is 12.1 Å². The number of rotatable bonds is 5. The Bertz CT molecular complexity index is 949. The Hall–Kier alpha value is -2.73. The van der Waals surface area contributed by atoms with Crippen LogP contribution in [0.25, 0.3) is 11.0 Å². The summed E-state index contributed by atoms with van der Waals surface area (Å²) in [5.74, 6) is 1.17. The fourth-order valence-corrected chi connectivity index (χ4v) is 3.93. The van der Waals surface area contributed by atoms with E-state index in [9.17, 15) is 9.18 Å². The summed E-state index contributed by atoms with van der Waals surface area (Å²) in [7, 11) is 0. The minimum absolute atomic E-state index is 0.0303. The Morgan fingerprint density at radius 3 is 2.66 bits per heavy atom. The fraction of sp³-hybridized carbons (Fsp3) is 0.391. The maximum atomic E-state index is 13.3. The number of aromatic amines is 1. The summed E-state index contributed by atoms with van der Waals surface area (Å²) in [5, 5.41) is 0. The maximum absolute atomic E-state index is 13.3. The van der Waals surface area contributed by atoms with Crippen LogP contribution < -0.4 is 0 Å².